The van der Waals surface area contributed by atoms with Crippen molar-refractivity contribution in [1.29, 1.82) is 0 Å². The monoisotopic (exact) mass is 1850 g/mol. The predicted molar refractivity (Wildman–Crippen MR) is 554 cm³/mol. The predicted octanol–water partition coefficient (Wildman–Crippen LogP) is 29.3. The van der Waals surface area contributed by atoms with Crippen LogP contribution in [0.1, 0.15) is 135 Å². The smallest absolute Gasteiger partial charge is 0.335 e. The van der Waals surface area contributed by atoms with Crippen molar-refractivity contribution < 1.29 is 41.5 Å². The number of fused-ring (bicyclic) bond motifs is 4. The number of para-hydroxylation sites is 1. The molecule has 0 saturated heterocycles. The highest BCUT2D eigenvalue weighted by atomic mass is 19.4. The second-order valence-corrected chi connectivity index (χ2v) is 35.5. The van der Waals surface area contributed by atoms with Gasteiger partial charge in [0.25, 0.3) is 17.7 Å². The van der Waals surface area contributed by atoms with E-state index < -0.39 is 23.5 Å². The van der Waals surface area contributed by atoms with Crippen LogP contribution in [-0.2, 0) is 11.6 Å². The highest BCUT2D eigenvalue weighted by Gasteiger charge is 2.31. The third-order valence-electron chi connectivity index (χ3n) is 24.3. The van der Waals surface area contributed by atoms with E-state index in [4.69, 9.17) is 0 Å². The molecule has 5 aromatic heterocycles. The van der Waals surface area contributed by atoms with Gasteiger partial charge in [0.05, 0.1) is 5.56 Å². The van der Waals surface area contributed by atoms with Gasteiger partial charge in [-0.15, -0.1) is 0 Å². The standard InChI is InChI=1S/C27H26N2O.C24H21N3O.C24H27N3O.C23H17FN2O.C19H14F3N3O/c1-18-5-12-24(29-26(30)20-8-10-23(11-9-20)27(2,3)4)16-25(18)21-7-6-19-13-14-28-17-22(19)15-21;1-16-7-10-21(26-24(28)27-23-6-4-3-5-17(23)2)14-22(16)19-9-8-18-11-12-25-15-20(18)13-19;1-17-8-11-22(27-24(28)26-21-6-4-2-3-5-7-21)15-23(17)19-10-9-18-12-13-25-16-20(18)14-19;1-15-5-8-21(26-23(27)18-3-2-4-20(24)12-18)13-22(15)17-7-6-16-9-10-25-14-19(16)11-17;1-12-5-6-16(8-17(12)14-9-23-11-24-10-14)25-18(26)13-3-2-4-15(7-13)19(20,21)22/h5-17H,1-4H3,(H,29,30);3-15H,1-2H3,(H2,26,27,28);8-16,21H,2-7H2,1H3,(H2,26,27,28);2-14H,1H3,(H,26,27);2-11H,1H3,(H,25,26). The number of hydrogen-bond acceptors (Lipinski definition) is 11. The van der Waals surface area contributed by atoms with Crippen molar-refractivity contribution in [2.75, 3.05) is 31.9 Å². The van der Waals surface area contributed by atoms with E-state index >= 15 is 0 Å². The van der Waals surface area contributed by atoms with Gasteiger partial charge >= 0.3 is 18.2 Å². The third-order valence-corrected chi connectivity index (χ3v) is 24.3. The second-order valence-electron chi connectivity index (χ2n) is 35.5. The number of nitrogens with one attached hydrogen (secondary N) is 7. The van der Waals surface area contributed by atoms with E-state index in [9.17, 15) is 41.5 Å². The van der Waals surface area contributed by atoms with Crippen molar-refractivity contribution in [1.82, 2.24) is 35.2 Å². The fourth-order valence-corrected chi connectivity index (χ4v) is 16.5. The number of aryl methyl sites for hydroxylation is 6. The van der Waals surface area contributed by atoms with Crippen LogP contribution in [-0.4, -0.2) is 65.7 Å². The van der Waals surface area contributed by atoms with Crippen molar-refractivity contribution in [3.05, 3.63) is 420 Å². The molecule has 0 unspecified atom stereocenters. The summed E-state index contributed by atoms with van der Waals surface area (Å²) in [6.45, 7) is 18.6. The Morgan fingerprint density at radius 2 is 0.662 bits per heavy atom. The number of carbonyl (C=O) groups excluding carboxylic acids is 5. The molecule has 0 atom stereocenters. The Kier molecular flexibility index (Phi) is 31.1. The zero-order valence-electron chi connectivity index (χ0n) is 78.5. The number of halogens is 4. The molecule has 0 radical (unpaired) electrons. The average Bonchev–Trinajstić information content (AvgIpc) is 1.01. The van der Waals surface area contributed by atoms with E-state index in [1.54, 1.807) is 49.2 Å². The summed E-state index contributed by atoms with van der Waals surface area (Å²) in [7, 11) is 0. The molecule has 7 amide bonds. The maximum atomic E-state index is 13.3. The molecule has 18 aromatic rings. The molecule has 22 heteroatoms. The molecule has 19 rings (SSSR count). The number of hydrogen-bond donors (Lipinski definition) is 7. The molecular formula is C117H105F4N13O5. The summed E-state index contributed by atoms with van der Waals surface area (Å²) in [5, 5.41) is 29.5. The number of carbonyl (C=O) groups is 5. The van der Waals surface area contributed by atoms with Gasteiger partial charge in [0.2, 0.25) is 0 Å². The molecule has 0 aliphatic heterocycles. The highest BCUT2D eigenvalue weighted by molar-refractivity contribution is 6.07. The van der Waals surface area contributed by atoms with E-state index in [0.29, 0.717) is 23.0 Å². The lowest BCUT2D eigenvalue weighted by molar-refractivity contribution is -0.137. The lowest BCUT2D eigenvalue weighted by atomic mass is 9.86. The van der Waals surface area contributed by atoms with Crippen LogP contribution in [0.3, 0.4) is 0 Å². The van der Waals surface area contributed by atoms with Gasteiger partial charge < -0.3 is 37.2 Å². The van der Waals surface area contributed by atoms with Gasteiger partial charge in [-0.3, -0.25) is 34.3 Å². The van der Waals surface area contributed by atoms with Crippen molar-refractivity contribution >= 4 is 107 Å². The Morgan fingerprint density at radius 1 is 0.295 bits per heavy atom. The summed E-state index contributed by atoms with van der Waals surface area (Å²) in [5.74, 6) is -1.49. The minimum Gasteiger partial charge on any atom is -0.335 e. The van der Waals surface area contributed by atoms with E-state index in [0.717, 1.165) is 169 Å². The first-order valence-corrected chi connectivity index (χ1v) is 45.9. The van der Waals surface area contributed by atoms with Gasteiger partial charge in [-0.1, -0.05) is 168 Å². The molecule has 0 spiro atoms. The van der Waals surface area contributed by atoms with Crippen molar-refractivity contribution in [3.63, 3.8) is 0 Å². The molecule has 7 N–H and O–H groups in total. The summed E-state index contributed by atoms with van der Waals surface area (Å²) in [5.41, 5.74) is 22.5. The second kappa shape index (κ2) is 44.6. The number of aromatic nitrogens is 6. The Morgan fingerprint density at radius 3 is 1.05 bits per heavy atom. The van der Waals surface area contributed by atoms with Crippen LogP contribution in [0.2, 0.25) is 0 Å². The van der Waals surface area contributed by atoms with Crippen LogP contribution >= 0.6 is 0 Å². The molecular weight excluding hydrogens is 1740 g/mol. The fraction of sp³-hybridized carbons (Fsp3) is 0.154. The van der Waals surface area contributed by atoms with E-state index in [2.05, 4.69) is 194 Å². The Hall–Kier alpha value is -16.8. The Balaban J connectivity index is 0.000000132. The van der Waals surface area contributed by atoms with Gasteiger partial charge in [-0.25, -0.2) is 23.9 Å². The molecule has 1 fully saturated rings. The maximum Gasteiger partial charge on any atom is 0.416 e. The molecule has 5 heterocycles. The van der Waals surface area contributed by atoms with Crippen molar-refractivity contribution in [3.8, 4) is 55.6 Å². The summed E-state index contributed by atoms with van der Waals surface area (Å²) < 4.78 is 51.7. The summed E-state index contributed by atoms with van der Waals surface area (Å²) >= 11 is 0. The van der Waals surface area contributed by atoms with E-state index in [-0.39, 0.29) is 40.4 Å². The molecule has 13 aromatic carbocycles. The highest BCUT2D eigenvalue weighted by Crippen LogP contribution is 2.38. The largest absolute Gasteiger partial charge is 0.416 e. The molecule has 1 aliphatic carbocycles. The first kappa shape index (κ1) is 96.8. The summed E-state index contributed by atoms with van der Waals surface area (Å²) in [4.78, 5) is 87.1. The normalized spacial score (nSPS) is 11.9. The lowest BCUT2D eigenvalue weighted by Crippen LogP contribution is -2.37. The quantitative estimate of drug-likeness (QED) is 0.0376. The summed E-state index contributed by atoms with van der Waals surface area (Å²) in [6, 6.07) is 87.7. The topological polar surface area (TPSA) is 247 Å². The number of urea groups is 2. The van der Waals surface area contributed by atoms with Crippen LogP contribution in [0.4, 0.5) is 61.3 Å². The first-order chi connectivity index (χ1) is 67.0. The Bertz CT molecular complexity index is 7510. The third kappa shape index (κ3) is 25.9. The first-order valence-electron chi connectivity index (χ1n) is 45.9. The van der Waals surface area contributed by atoms with Crippen LogP contribution in [0.5, 0.6) is 0 Å². The van der Waals surface area contributed by atoms with Crippen LogP contribution in [0.15, 0.2) is 353 Å². The minimum absolute atomic E-state index is 0.0648. The van der Waals surface area contributed by atoms with Crippen molar-refractivity contribution in [2.24, 2.45) is 0 Å². The van der Waals surface area contributed by atoms with E-state index in [1.807, 2.05) is 191 Å². The zero-order valence-corrected chi connectivity index (χ0v) is 78.5. The number of alkyl halides is 3. The number of benzene rings is 13. The van der Waals surface area contributed by atoms with Crippen LogP contribution in [0, 0.1) is 47.4 Å². The maximum absolute atomic E-state index is 13.3. The van der Waals surface area contributed by atoms with Gasteiger partial charge in [0, 0.05) is 146 Å². The SMILES string of the molecule is Cc1ccc(NC(=O)NC2CCCCCC2)cc1-c1ccc2ccncc2c1.Cc1ccc(NC(=O)c2ccc(C(C)(C)C)cc2)cc1-c1ccc2ccncc2c1.Cc1ccc(NC(=O)c2cccc(C(F)(F)F)c2)cc1-c1cncnc1.Cc1ccc(NC(=O)c2cccc(F)c2)cc1-c1ccc2ccncc2c1.Cc1ccccc1NC(=O)Nc1ccc(C)c(-c2ccc3ccncc3c2)c1. The number of amides is 7. The fourth-order valence-electron chi connectivity index (χ4n) is 16.5. The van der Waals surface area contributed by atoms with Crippen LogP contribution < -0.4 is 37.2 Å². The Labute approximate surface area is 805 Å². The molecule has 18 nitrogen and oxygen atoms in total. The summed E-state index contributed by atoms with van der Waals surface area (Å²) in [6.07, 6.45) is 22.0. The average molecular weight is 1850 g/mol. The zero-order chi connectivity index (χ0) is 97.7. The van der Waals surface area contributed by atoms with Gasteiger partial charge in [-0.05, 0) is 334 Å². The number of rotatable bonds is 15. The molecule has 696 valence electrons. The minimum atomic E-state index is -4.50. The van der Waals surface area contributed by atoms with Gasteiger partial charge in [0.1, 0.15) is 12.1 Å². The molecule has 1 saturated carbocycles. The van der Waals surface area contributed by atoms with E-state index in [1.165, 1.54) is 78.9 Å². The van der Waals surface area contributed by atoms with Gasteiger partial charge in [0.15, 0.2) is 0 Å². The number of anilines is 6. The van der Waals surface area contributed by atoms with Crippen LogP contribution in [0.25, 0.3) is 98.7 Å². The molecule has 0 bridgehead atoms. The number of nitrogens with zero attached hydrogens (tertiary/aromatic N) is 6. The number of pyridine rings is 4. The molecule has 139 heavy (non-hydrogen) atoms. The van der Waals surface area contributed by atoms with Crippen molar-refractivity contribution in [2.45, 2.75) is 118 Å². The molecule has 1 aliphatic rings. The lowest BCUT2D eigenvalue weighted by Gasteiger charge is -2.19. The van der Waals surface area contributed by atoms with Gasteiger partial charge in [-0.2, -0.15) is 13.2 Å².